The monoisotopic (exact) mass is 375 g/mol. The van der Waals surface area contributed by atoms with Gasteiger partial charge in [0.25, 0.3) is 5.91 Å². The van der Waals surface area contributed by atoms with E-state index < -0.39 is 5.60 Å². The Kier molecular flexibility index (Phi) is 7.06. The predicted molar refractivity (Wildman–Crippen MR) is 104 cm³/mol. The van der Waals surface area contributed by atoms with Gasteiger partial charge in [0.2, 0.25) is 0 Å². The van der Waals surface area contributed by atoms with E-state index in [0.717, 1.165) is 11.1 Å². The van der Waals surface area contributed by atoms with Crippen molar-refractivity contribution in [1.82, 2.24) is 5.32 Å². The number of rotatable bonds is 8. The highest BCUT2D eigenvalue weighted by molar-refractivity contribution is 6.30. The highest BCUT2D eigenvalue weighted by Gasteiger charge is 2.29. The molecule has 0 aliphatic heterocycles. The van der Waals surface area contributed by atoms with Crippen LogP contribution in [0.4, 0.5) is 0 Å². The zero-order valence-corrected chi connectivity index (χ0v) is 16.5. The number of nitrogens with one attached hydrogen (secondary N) is 1. The molecular weight excluding hydrogens is 350 g/mol. The first-order valence-corrected chi connectivity index (χ1v) is 9.07. The fourth-order valence-electron chi connectivity index (χ4n) is 2.36. The SMILES string of the molecule is CC(C)OCc1ccccc1CNC(=O)C(C)(C)Oc1ccc(Cl)cc1. The number of amides is 1. The van der Waals surface area contributed by atoms with Gasteiger partial charge in [-0.1, -0.05) is 35.9 Å². The number of hydrogen-bond acceptors (Lipinski definition) is 3. The van der Waals surface area contributed by atoms with Crippen LogP contribution >= 0.6 is 11.6 Å². The molecule has 0 unspecified atom stereocenters. The summed E-state index contributed by atoms with van der Waals surface area (Å²) >= 11 is 5.88. The molecule has 2 aromatic rings. The van der Waals surface area contributed by atoms with Crippen molar-refractivity contribution in [1.29, 1.82) is 0 Å². The molecular formula is C21H26ClNO3. The molecule has 0 fully saturated rings. The third kappa shape index (κ3) is 6.04. The lowest BCUT2D eigenvalue weighted by Gasteiger charge is -2.25. The highest BCUT2D eigenvalue weighted by atomic mass is 35.5. The van der Waals surface area contributed by atoms with Gasteiger partial charge in [0.15, 0.2) is 5.60 Å². The number of carbonyl (C=O) groups excluding carboxylic acids is 1. The fraction of sp³-hybridized carbons (Fsp3) is 0.381. The molecule has 0 aliphatic carbocycles. The van der Waals surface area contributed by atoms with Gasteiger partial charge in [0.05, 0.1) is 12.7 Å². The van der Waals surface area contributed by atoms with E-state index in [1.54, 1.807) is 38.1 Å². The van der Waals surface area contributed by atoms with E-state index in [2.05, 4.69) is 5.32 Å². The standard InChI is InChI=1S/C21H26ClNO3/c1-15(2)25-14-17-8-6-5-7-16(17)13-23-20(24)21(3,4)26-19-11-9-18(22)10-12-19/h5-12,15H,13-14H2,1-4H3,(H,23,24). The van der Waals surface area contributed by atoms with E-state index >= 15 is 0 Å². The van der Waals surface area contributed by atoms with Crippen LogP contribution in [0.5, 0.6) is 5.75 Å². The van der Waals surface area contributed by atoms with Gasteiger partial charge < -0.3 is 14.8 Å². The number of hydrogen-bond donors (Lipinski definition) is 1. The molecule has 0 saturated carbocycles. The average molecular weight is 376 g/mol. The Morgan fingerprint density at radius 3 is 2.31 bits per heavy atom. The summed E-state index contributed by atoms with van der Waals surface area (Å²) in [5.74, 6) is 0.410. The maximum atomic E-state index is 12.6. The van der Waals surface area contributed by atoms with Gasteiger partial charge in [-0.3, -0.25) is 4.79 Å². The van der Waals surface area contributed by atoms with E-state index in [-0.39, 0.29) is 12.0 Å². The Labute approximate surface area is 160 Å². The molecule has 1 amide bonds. The van der Waals surface area contributed by atoms with Gasteiger partial charge in [0, 0.05) is 11.6 Å². The largest absolute Gasteiger partial charge is 0.478 e. The molecule has 0 saturated heterocycles. The summed E-state index contributed by atoms with van der Waals surface area (Å²) in [6, 6.07) is 14.9. The molecule has 1 N–H and O–H groups in total. The molecule has 140 valence electrons. The molecule has 0 aromatic heterocycles. The molecule has 26 heavy (non-hydrogen) atoms. The molecule has 0 aliphatic rings. The molecule has 2 rings (SSSR count). The second-order valence-corrected chi connectivity index (χ2v) is 7.31. The summed E-state index contributed by atoms with van der Waals surface area (Å²) in [5, 5.41) is 3.58. The van der Waals surface area contributed by atoms with Crippen molar-refractivity contribution >= 4 is 17.5 Å². The Morgan fingerprint density at radius 1 is 1.08 bits per heavy atom. The van der Waals surface area contributed by atoms with Gasteiger partial charge in [-0.2, -0.15) is 0 Å². The number of halogens is 1. The van der Waals surface area contributed by atoms with Crippen molar-refractivity contribution < 1.29 is 14.3 Å². The normalized spacial score (nSPS) is 11.5. The summed E-state index contributed by atoms with van der Waals surface area (Å²) in [6.07, 6.45) is 0.157. The van der Waals surface area contributed by atoms with Gasteiger partial charge in [-0.25, -0.2) is 0 Å². The van der Waals surface area contributed by atoms with E-state index in [9.17, 15) is 4.79 Å². The third-order valence-corrected chi connectivity index (χ3v) is 4.12. The second-order valence-electron chi connectivity index (χ2n) is 6.88. The van der Waals surface area contributed by atoms with E-state index in [4.69, 9.17) is 21.1 Å². The zero-order valence-electron chi connectivity index (χ0n) is 15.7. The Morgan fingerprint density at radius 2 is 1.69 bits per heavy atom. The van der Waals surface area contributed by atoms with Crippen LogP contribution in [0.3, 0.4) is 0 Å². The van der Waals surface area contributed by atoms with Gasteiger partial charge in [0.1, 0.15) is 5.75 Å². The lowest BCUT2D eigenvalue weighted by molar-refractivity contribution is -0.134. The Bertz CT molecular complexity index is 726. The van der Waals surface area contributed by atoms with Crippen LogP contribution in [-0.2, 0) is 22.7 Å². The minimum atomic E-state index is -1.00. The summed E-state index contributed by atoms with van der Waals surface area (Å²) in [7, 11) is 0. The van der Waals surface area contributed by atoms with Crippen LogP contribution in [0.1, 0.15) is 38.8 Å². The maximum Gasteiger partial charge on any atom is 0.263 e. The lowest BCUT2D eigenvalue weighted by atomic mass is 10.1. The number of carbonyl (C=O) groups is 1. The van der Waals surface area contributed by atoms with Gasteiger partial charge >= 0.3 is 0 Å². The number of ether oxygens (including phenoxy) is 2. The molecule has 4 nitrogen and oxygen atoms in total. The van der Waals surface area contributed by atoms with Crippen molar-refractivity contribution in [3.05, 3.63) is 64.7 Å². The van der Waals surface area contributed by atoms with Crippen LogP contribution in [0.25, 0.3) is 0 Å². The summed E-state index contributed by atoms with van der Waals surface area (Å²) in [4.78, 5) is 12.6. The van der Waals surface area contributed by atoms with Gasteiger partial charge in [-0.05, 0) is 63.1 Å². The summed E-state index contributed by atoms with van der Waals surface area (Å²) in [6.45, 7) is 8.43. The van der Waals surface area contributed by atoms with Crippen LogP contribution in [-0.4, -0.2) is 17.6 Å². The van der Waals surface area contributed by atoms with Crippen molar-refractivity contribution in [2.24, 2.45) is 0 Å². The van der Waals surface area contributed by atoms with Crippen molar-refractivity contribution in [2.75, 3.05) is 0 Å². The van der Waals surface area contributed by atoms with Crippen LogP contribution in [0.15, 0.2) is 48.5 Å². The lowest BCUT2D eigenvalue weighted by Crippen LogP contribution is -2.46. The van der Waals surface area contributed by atoms with E-state index in [1.165, 1.54) is 0 Å². The molecule has 0 radical (unpaired) electrons. The molecule has 0 spiro atoms. The molecule has 2 aromatic carbocycles. The average Bonchev–Trinajstić information content (AvgIpc) is 2.60. The second kappa shape index (κ2) is 9.06. The third-order valence-electron chi connectivity index (χ3n) is 3.86. The topological polar surface area (TPSA) is 47.6 Å². The summed E-state index contributed by atoms with van der Waals surface area (Å²) < 4.78 is 11.5. The maximum absolute atomic E-state index is 12.6. The molecule has 0 heterocycles. The fourth-order valence-corrected chi connectivity index (χ4v) is 2.49. The molecule has 5 heteroatoms. The number of benzene rings is 2. The highest BCUT2D eigenvalue weighted by Crippen LogP contribution is 2.21. The first-order chi connectivity index (χ1) is 12.3. The van der Waals surface area contributed by atoms with Gasteiger partial charge in [-0.15, -0.1) is 0 Å². The van der Waals surface area contributed by atoms with E-state index in [0.29, 0.717) is 23.9 Å². The van der Waals surface area contributed by atoms with Crippen molar-refractivity contribution in [3.8, 4) is 5.75 Å². The minimum absolute atomic E-state index is 0.157. The van der Waals surface area contributed by atoms with E-state index in [1.807, 2.05) is 38.1 Å². The zero-order chi connectivity index (χ0) is 19.2. The molecule has 0 bridgehead atoms. The Balaban J connectivity index is 1.98. The predicted octanol–water partition coefficient (Wildman–Crippen LogP) is 4.74. The first-order valence-electron chi connectivity index (χ1n) is 8.69. The smallest absolute Gasteiger partial charge is 0.263 e. The van der Waals surface area contributed by atoms with Crippen molar-refractivity contribution in [2.45, 2.75) is 52.6 Å². The van der Waals surface area contributed by atoms with Crippen LogP contribution in [0, 0.1) is 0 Å². The van der Waals surface area contributed by atoms with Crippen molar-refractivity contribution in [3.63, 3.8) is 0 Å². The first kappa shape index (κ1) is 20.3. The van der Waals surface area contributed by atoms with Crippen LogP contribution < -0.4 is 10.1 Å². The molecule has 0 atom stereocenters. The Hall–Kier alpha value is -2.04. The summed E-state index contributed by atoms with van der Waals surface area (Å²) in [5.41, 5.74) is 1.10. The minimum Gasteiger partial charge on any atom is -0.478 e. The van der Waals surface area contributed by atoms with Crippen LogP contribution in [0.2, 0.25) is 5.02 Å². The quantitative estimate of drug-likeness (QED) is 0.725.